The van der Waals surface area contributed by atoms with Gasteiger partial charge in [-0.1, -0.05) is 42.5 Å². The zero-order valence-electron chi connectivity index (χ0n) is 14.3. The predicted octanol–water partition coefficient (Wildman–Crippen LogP) is 3.71. The van der Waals surface area contributed by atoms with Crippen molar-refractivity contribution in [2.45, 2.75) is 19.4 Å². The minimum atomic E-state index is 0.201. The molecule has 0 aliphatic carbocycles. The average Bonchev–Trinajstić information content (AvgIpc) is 3.02. The van der Waals surface area contributed by atoms with Gasteiger partial charge in [0.15, 0.2) is 5.96 Å². The Kier molecular flexibility index (Phi) is 4.18. The average molecular weight is 331 g/mol. The van der Waals surface area contributed by atoms with Gasteiger partial charge >= 0.3 is 0 Å². The number of nitrogens with zero attached hydrogens (tertiary/aromatic N) is 2. The van der Waals surface area contributed by atoms with Crippen LogP contribution in [0.3, 0.4) is 0 Å². The molecule has 1 fully saturated rings. The number of rotatable bonds is 3. The highest BCUT2D eigenvalue weighted by atomic mass is 15.2. The van der Waals surface area contributed by atoms with E-state index in [9.17, 15) is 0 Å². The van der Waals surface area contributed by atoms with Crippen molar-refractivity contribution in [3.8, 4) is 11.1 Å². The van der Waals surface area contributed by atoms with Crippen molar-refractivity contribution < 1.29 is 0 Å². The summed E-state index contributed by atoms with van der Waals surface area (Å²) in [5.74, 6) is 0.825. The molecule has 2 heterocycles. The van der Waals surface area contributed by atoms with Crippen molar-refractivity contribution in [1.82, 2.24) is 9.47 Å². The molecule has 0 unspecified atom stereocenters. The minimum absolute atomic E-state index is 0.201. The number of hydrogen-bond acceptors (Lipinski definition) is 1. The smallest absolute Gasteiger partial charge is 0.188 e. The van der Waals surface area contributed by atoms with Crippen molar-refractivity contribution in [2.75, 3.05) is 13.1 Å². The Hall–Kier alpha value is -2.75. The van der Waals surface area contributed by atoms with E-state index in [1.54, 1.807) is 0 Å². The topological polar surface area (TPSA) is 58.0 Å². The zero-order valence-corrected chi connectivity index (χ0v) is 14.3. The molecule has 0 bridgehead atoms. The van der Waals surface area contributed by atoms with Crippen LogP contribution in [-0.2, 0) is 6.54 Å². The Morgan fingerprint density at radius 2 is 1.88 bits per heavy atom. The molecule has 4 heteroatoms. The molecule has 3 aromatic rings. The first-order chi connectivity index (χ1) is 12.2. The van der Waals surface area contributed by atoms with E-state index in [0.717, 1.165) is 38.0 Å². The SMILES string of the molecule is N=C(N)N1CCC(Cn2cc(-c3[c]cccc3)c3ccccc32)CC1. The Bertz CT molecular complexity index is 873. The van der Waals surface area contributed by atoms with Crippen LogP contribution in [0.15, 0.2) is 54.7 Å². The fourth-order valence-electron chi connectivity index (χ4n) is 3.81. The van der Waals surface area contributed by atoms with Crippen LogP contribution in [0, 0.1) is 17.4 Å². The molecule has 3 N–H and O–H groups in total. The van der Waals surface area contributed by atoms with E-state index < -0.39 is 0 Å². The third-order valence-electron chi connectivity index (χ3n) is 5.20. The summed E-state index contributed by atoms with van der Waals surface area (Å²) in [5, 5.41) is 8.86. The third-order valence-corrected chi connectivity index (χ3v) is 5.20. The lowest BCUT2D eigenvalue weighted by molar-refractivity contribution is 0.245. The molecule has 2 aromatic carbocycles. The largest absolute Gasteiger partial charge is 0.370 e. The van der Waals surface area contributed by atoms with Crippen LogP contribution in [0.1, 0.15) is 12.8 Å². The van der Waals surface area contributed by atoms with Gasteiger partial charge in [0.25, 0.3) is 0 Å². The van der Waals surface area contributed by atoms with E-state index in [-0.39, 0.29) is 5.96 Å². The number of piperidine rings is 1. The molecule has 0 saturated carbocycles. The molecule has 4 rings (SSSR count). The molecule has 25 heavy (non-hydrogen) atoms. The fourth-order valence-corrected chi connectivity index (χ4v) is 3.81. The molecule has 0 spiro atoms. The van der Waals surface area contributed by atoms with Crippen molar-refractivity contribution in [3.63, 3.8) is 0 Å². The number of para-hydroxylation sites is 1. The normalized spacial score (nSPS) is 15.6. The molecule has 1 aliphatic heterocycles. The van der Waals surface area contributed by atoms with Crippen LogP contribution in [0.5, 0.6) is 0 Å². The summed E-state index contributed by atoms with van der Waals surface area (Å²) in [6.45, 7) is 2.79. The Morgan fingerprint density at radius 3 is 2.60 bits per heavy atom. The standard InChI is InChI=1S/C21H23N4/c22-21(23)24-12-10-16(11-13-24)14-25-15-19(17-6-2-1-3-7-17)18-8-4-5-9-20(18)25/h1-6,8-9,15-16H,10-14H2,(H3,22,23). The maximum atomic E-state index is 7.58. The molecule has 1 radical (unpaired) electrons. The lowest BCUT2D eigenvalue weighted by atomic mass is 9.97. The number of likely N-dealkylation sites (tertiary alicyclic amines) is 1. The van der Waals surface area contributed by atoms with Gasteiger partial charge in [-0.25, -0.2) is 0 Å². The van der Waals surface area contributed by atoms with E-state index in [0.29, 0.717) is 5.92 Å². The molecule has 4 nitrogen and oxygen atoms in total. The van der Waals surface area contributed by atoms with Crippen LogP contribution in [-0.4, -0.2) is 28.5 Å². The fraction of sp³-hybridized carbons (Fsp3) is 0.286. The Morgan fingerprint density at radius 1 is 1.12 bits per heavy atom. The van der Waals surface area contributed by atoms with Crippen LogP contribution >= 0.6 is 0 Å². The van der Waals surface area contributed by atoms with Crippen molar-refractivity contribution in [1.29, 1.82) is 5.41 Å². The van der Waals surface area contributed by atoms with Gasteiger partial charge in [-0.2, -0.15) is 0 Å². The number of aromatic nitrogens is 1. The van der Waals surface area contributed by atoms with E-state index in [4.69, 9.17) is 11.1 Å². The van der Waals surface area contributed by atoms with Gasteiger partial charge in [0.05, 0.1) is 0 Å². The van der Waals surface area contributed by atoms with Gasteiger partial charge in [0.2, 0.25) is 0 Å². The summed E-state index contributed by atoms with van der Waals surface area (Å²) in [7, 11) is 0. The lowest BCUT2D eigenvalue weighted by Crippen LogP contribution is -2.42. The molecule has 0 amide bonds. The number of nitrogens with two attached hydrogens (primary N) is 1. The van der Waals surface area contributed by atoms with Gasteiger partial charge < -0.3 is 15.2 Å². The van der Waals surface area contributed by atoms with Crippen molar-refractivity contribution >= 4 is 16.9 Å². The maximum absolute atomic E-state index is 7.58. The van der Waals surface area contributed by atoms with E-state index >= 15 is 0 Å². The molecular formula is C21H23N4. The van der Waals surface area contributed by atoms with Crippen LogP contribution in [0.4, 0.5) is 0 Å². The van der Waals surface area contributed by atoms with E-state index in [1.807, 2.05) is 17.0 Å². The van der Waals surface area contributed by atoms with Crippen LogP contribution < -0.4 is 5.73 Å². The highest BCUT2D eigenvalue weighted by molar-refractivity contribution is 5.95. The monoisotopic (exact) mass is 331 g/mol. The second-order valence-corrected chi connectivity index (χ2v) is 6.80. The Balaban J connectivity index is 1.62. The lowest BCUT2D eigenvalue weighted by Gasteiger charge is -2.32. The first kappa shape index (κ1) is 15.8. The second-order valence-electron chi connectivity index (χ2n) is 6.80. The molecule has 0 atom stereocenters. The summed E-state index contributed by atoms with van der Waals surface area (Å²) in [6, 6.07) is 20.1. The number of benzene rings is 2. The number of guanidine groups is 1. The van der Waals surface area contributed by atoms with Crippen LogP contribution in [0.25, 0.3) is 22.0 Å². The predicted molar refractivity (Wildman–Crippen MR) is 102 cm³/mol. The minimum Gasteiger partial charge on any atom is -0.370 e. The quantitative estimate of drug-likeness (QED) is 0.568. The number of fused-ring (bicyclic) bond motifs is 1. The first-order valence-electron chi connectivity index (χ1n) is 8.86. The summed E-state index contributed by atoms with van der Waals surface area (Å²) in [4.78, 5) is 1.97. The van der Waals surface area contributed by atoms with Gasteiger partial charge in [-0.3, -0.25) is 5.41 Å². The molecule has 1 saturated heterocycles. The molecule has 127 valence electrons. The third kappa shape index (κ3) is 3.12. The number of hydrogen-bond donors (Lipinski definition) is 2. The van der Waals surface area contributed by atoms with Gasteiger partial charge in [0.1, 0.15) is 0 Å². The van der Waals surface area contributed by atoms with Crippen molar-refractivity contribution in [3.05, 3.63) is 60.8 Å². The molecular weight excluding hydrogens is 308 g/mol. The summed E-state index contributed by atoms with van der Waals surface area (Å²) in [6.07, 6.45) is 4.44. The second kappa shape index (κ2) is 6.63. The molecule has 1 aromatic heterocycles. The molecule has 1 aliphatic rings. The van der Waals surface area contributed by atoms with Crippen molar-refractivity contribution in [2.24, 2.45) is 11.7 Å². The zero-order chi connectivity index (χ0) is 17.2. The highest BCUT2D eigenvalue weighted by Crippen LogP contribution is 2.31. The van der Waals surface area contributed by atoms with E-state index in [1.165, 1.54) is 16.5 Å². The van der Waals surface area contributed by atoms with E-state index in [2.05, 4.69) is 53.2 Å². The number of nitrogens with one attached hydrogen (secondary N) is 1. The summed E-state index contributed by atoms with van der Waals surface area (Å²) >= 11 is 0. The maximum Gasteiger partial charge on any atom is 0.188 e. The Labute approximate surface area is 148 Å². The van der Waals surface area contributed by atoms with Gasteiger partial charge in [-0.05, 0) is 36.5 Å². The van der Waals surface area contributed by atoms with Gasteiger partial charge in [-0.15, -0.1) is 0 Å². The van der Waals surface area contributed by atoms with Crippen LogP contribution in [0.2, 0.25) is 0 Å². The first-order valence-corrected chi connectivity index (χ1v) is 8.86. The summed E-state index contributed by atoms with van der Waals surface area (Å²) < 4.78 is 2.39. The summed E-state index contributed by atoms with van der Waals surface area (Å²) in [5.41, 5.74) is 9.28. The highest BCUT2D eigenvalue weighted by Gasteiger charge is 2.21. The van der Waals surface area contributed by atoms with Gasteiger partial charge in [0, 0.05) is 42.3 Å².